The fourth-order valence-corrected chi connectivity index (χ4v) is 4.62. The number of benzene rings is 1. The molecule has 0 aliphatic carbocycles. The van der Waals surface area contributed by atoms with E-state index in [1.807, 2.05) is 0 Å². The van der Waals surface area contributed by atoms with Gasteiger partial charge in [0, 0.05) is 11.4 Å². The molecule has 0 amide bonds. The van der Waals surface area contributed by atoms with Gasteiger partial charge in [0.05, 0.1) is 11.4 Å². The van der Waals surface area contributed by atoms with Crippen molar-refractivity contribution in [2.24, 2.45) is 0 Å². The standard InChI is InChI=1S/C19H21N3S/c1-12-6-4-7-15(10-12)16-8-5-9-22(16)18-17-13(2)14(3)23-19(17)21-11-20-18/h4,6-7,10-11,16H,5,8-9H2,1-3H3. The van der Waals surface area contributed by atoms with E-state index in [1.165, 1.54) is 39.8 Å². The first-order valence-corrected chi connectivity index (χ1v) is 9.00. The predicted molar refractivity (Wildman–Crippen MR) is 97.4 cm³/mol. The minimum Gasteiger partial charge on any atom is -0.349 e. The Kier molecular flexibility index (Phi) is 3.57. The summed E-state index contributed by atoms with van der Waals surface area (Å²) in [6.07, 6.45) is 4.13. The van der Waals surface area contributed by atoms with Gasteiger partial charge in [0.2, 0.25) is 0 Å². The number of thiophene rings is 1. The van der Waals surface area contributed by atoms with Crippen molar-refractivity contribution in [3.63, 3.8) is 0 Å². The van der Waals surface area contributed by atoms with Crippen molar-refractivity contribution in [2.45, 2.75) is 39.7 Å². The molecule has 1 aliphatic rings. The van der Waals surface area contributed by atoms with E-state index in [-0.39, 0.29) is 0 Å². The van der Waals surface area contributed by atoms with Gasteiger partial charge in [-0.25, -0.2) is 9.97 Å². The van der Waals surface area contributed by atoms with Gasteiger partial charge in [0.25, 0.3) is 0 Å². The molecular formula is C19H21N3S. The smallest absolute Gasteiger partial charge is 0.141 e. The Hall–Kier alpha value is -1.94. The van der Waals surface area contributed by atoms with Crippen molar-refractivity contribution < 1.29 is 0 Å². The summed E-state index contributed by atoms with van der Waals surface area (Å²) in [6.45, 7) is 7.60. The topological polar surface area (TPSA) is 29.0 Å². The zero-order valence-corrected chi connectivity index (χ0v) is 14.7. The molecule has 23 heavy (non-hydrogen) atoms. The van der Waals surface area contributed by atoms with Gasteiger partial charge < -0.3 is 4.90 Å². The molecule has 0 N–H and O–H groups in total. The van der Waals surface area contributed by atoms with E-state index in [4.69, 9.17) is 0 Å². The second-order valence-corrected chi connectivity index (χ2v) is 7.63. The first kappa shape index (κ1) is 14.6. The number of nitrogens with zero attached hydrogens (tertiary/aromatic N) is 3. The van der Waals surface area contributed by atoms with E-state index < -0.39 is 0 Å². The summed E-state index contributed by atoms with van der Waals surface area (Å²) < 4.78 is 0. The fraction of sp³-hybridized carbons (Fsp3) is 0.368. The Morgan fingerprint density at radius 1 is 1.17 bits per heavy atom. The maximum atomic E-state index is 4.68. The molecule has 0 radical (unpaired) electrons. The third kappa shape index (κ3) is 2.41. The Balaban J connectivity index is 1.83. The molecule has 4 heteroatoms. The van der Waals surface area contributed by atoms with Crippen LogP contribution in [0.1, 0.15) is 40.5 Å². The molecule has 0 bridgehead atoms. The molecule has 4 rings (SSSR count). The van der Waals surface area contributed by atoms with Crippen LogP contribution in [0.3, 0.4) is 0 Å². The molecule has 1 saturated heterocycles. The summed E-state index contributed by atoms with van der Waals surface area (Å²) in [4.78, 5) is 14.1. The monoisotopic (exact) mass is 323 g/mol. The first-order chi connectivity index (χ1) is 11.1. The number of hydrogen-bond donors (Lipinski definition) is 0. The van der Waals surface area contributed by atoms with Crippen LogP contribution in [0.2, 0.25) is 0 Å². The molecule has 0 spiro atoms. The van der Waals surface area contributed by atoms with Gasteiger partial charge >= 0.3 is 0 Å². The Morgan fingerprint density at radius 2 is 2.04 bits per heavy atom. The lowest BCUT2D eigenvalue weighted by Gasteiger charge is -2.27. The summed E-state index contributed by atoms with van der Waals surface area (Å²) in [5.41, 5.74) is 4.05. The highest BCUT2D eigenvalue weighted by Crippen LogP contribution is 2.41. The average Bonchev–Trinajstić information content (AvgIpc) is 3.13. The van der Waals surface area contributed by atoms with E-state index in [0.717, 1.165) is 17.2 Å². The molecule has 1 fully saturated rings. The second-order valence-electron chi connectivity index (χ2n) is 6.43. The molecule has 3 aromatic rings. The van der Waals surface area contributed by atoms with Crippen molar-refractivity contribution in [3.8, 4) is 0 Å². The number of aryl methyl sites for hydroxylation is 3. The van der Waals surface area contributed by atoms with Gasteiger partial charge in [0.1, 0.15) is 17.0 Å². The summed E-state index contributed by atoms with van der Waals surface area (Å²) >= 11 is 1.77. The quantitative estimate of drug-likeness (QED) is 0.667. The number of hydrogen-bond acceptors (Lipinski definition) is 4. The van der Waals surface area contributed by atoms with E-state index in [2.05, 4.69) is 59.9 Å². The van der Waals surface area contributed by atoms with Crippen molar-refractivity contribution in [3.05, 3.63) is 52.2 Å². The van der Waals surface area contributed by atoms with Crippen LogP contribution in [0.4, 0.5) is 5.82 Å². The van der Waals surface area contributed by atoms with Crippen molar-refractivity contribution >= 4 is 27.4 Å². The van der Waals surface area contributed by atoms with Crippen LogP contribution in [0.15, 0.2) is 30.6 Å². The number of anilines is 1. The van der Waals surface area contributed by atoms with Crippen LogP contribution >= 0.6 is 11.3 Å². The zero-order chi connectivity index (χ0) is 16.0. The van der Waals surface area contributed by atoms with Crippen molar-refractivity contribution in [2.75, 3.05) is 11.4 Å². The number of aromatic nitrogens is 2. The van der Waals surface area contributed by atoms with Crippen molar-refractivity contribution in [1.82, 2.24) is 9.97 Å². The third-order valence-corrected chi connectivity index (χ3v) is 6.01. The van der Waals surface area contributed by atoms with Crippen LogP contribution in [0.25, 0.3) is 10.2 Å². The van der Waals surface area contributed by atoms with E-state index in [0.29, 0.717) is 6.04 Å². The highest BCUT2D eigenvalue weighted by atomic mass is 32.1. The summed E-state index contributed by atoms with van der Waals surface area (Å²) in [6, 6.07) is 9.31. The van der Waals surface area contributed by atoms with E-state index in [9.17, 15) is 0 Å². The molecular weight excluding hydrogens is 302 g/mol. The Bertz CT molecular complexity index is 868. The maximum Gasteiger partial charge on any atom is 0.141 e. The molecule has 1 aliphatic heterocycles. The molecule has 1 unspecified atom stereocenters. The van der Waals surface area contributed by atoms with Crippen LogP contribution < -0.4 is 4.90 Å². The third-order valence-electron chi connectivity index (χ3n) is 4.90. The molecule has 3 heterocycles. The van der Waals surface area contributed by atoms with Gasteiger partial charge in [-0.3, -0.25) is 0 Å². The van der Waals surface area contributed by atoms with Crippen molar-refractivity contribution in [1.29, 1.82) is 0 Å². The number of rotatable bonds is 2. The zero-order valence-electron chi connectivity index (χ0n) is 13.8. The molecule has 3 nitrogen and oxygen atoms in total. The lowest BCUT2D eigenvalue weighted by Crippen LogP contribution is -2.24. The van der Waals surface area contributed by atoms with E-state index >= 15 is 0 Å². The summed E-state index contributed by atoms with van der Waals surface area (Å²) in [5, 5.41) is 1.24. The number of fused-ring (bicyclic) bond motifs is 1. The molecule has 1 aromatic carbocycles. The fourth-order valence-electron chi connectivity index (χ4n) is 3.63. The van der Waals surface area contributed by atoms with E-state index in [1.54, 1.807) is 17.7 Å². The first-order valence-electron chi connectivity index (χ1n) is 8.19. The van der Waals surface area contributed by atoms with Gasteiger partial charge in [-0.1, -0.05) is 29.8 Å². The maximum absolute atomic E-state index is 4.68. The normalized spacial score (nSPS) is 18.0. The highest BCUT2D eigenvalue weighted by molar-refractivity contribution is 7.18. The molecule has 0 saturated carbocycles. The van der Waals surface area contributed by atoms with Gasteiger partial charge in [-0.2, -0.15) is 0 Å². The van der Waals surface area contributed by atoms with Crippen LogP contribution in [-0.2, 0) is 0 Å². The Morgan fingerprint density at radius 3 is 2.87 bits per heavy atom. The lowest BCUT2D eigenvalue weighted by molar-refractivity contribution is 0.712. The Labute approximate surface area is 141 Å². The van der Waals surface area contributed by atoms with Gasteiger partial charge in [0.15, 0.2) is 0 Å². The van der Waals surface area contributed by atoms with Crippen LogP contribution in [-0.4, -0.2) is 16.5 Å². The predicted octanol–water partition coefficient (Wildman–Crippen LogP) is 4.96. The summed E-state index contributed by atoms with van der Waals surface area (Å²) in [5.74, 6) is 1.11. The largest absolute Gasteiger partial charge is 0.349 e. The minimum atomic E-state index is 0.424. The van der Waals surface area contributed by atoms with Gasteiger partial charge in [-0.05, 0) is 44.7 Å². The highest BCUT2D eigenvalue weighted by Gasteiger charge is 2.29. The average molecular weight is 323 g/mol. The minimum absolute atomic E-state index is 0.424. The van der Waals surface area contributed by atoms with Crippen LogP contribution in [0, 0.1) is 20.8 Å². The molecule has 118 valence electrons. The summed E-state index contributed by atoms with van der Waals surface area (Å²) in [7, 11) is 0. The van der Waals surface area contributed by atoms with Crippen LogP contribution in [0.5, 0.6) is 0 Å². The second kappa shape index (κ2) is 5.60. The lowest BCUT2D eigenvalue weighted by atomic mass is 10.0. The molecule has 1 atom stereocenters. The SMILES string of the molecule is Cc1cccc(C2CCCN2c2ncnc3sc(C)c(C)c23)c1. The van der Waals surface area contributed by atoms with Gasteiger partial charge in [-0.15, -0.1) is 11.3 Å². The molecule has 2 aromatic heterocycles.